The third-order valence-electron chi connectivity index (χ3n) is 4.30. The molecule has 0 aliphatic heterocycles. The van der Waals surface area contributed by atoms with Crippen LogP contribution >= 0.6 is 11.6 Å². The molecule has 0 aliphatic rings. The van der Waals surface area contributed by atoms with Crippen LogP contribution in [-0.4, -0.2) is 15.7 Å². The van der Waals surface area contributed by atoms with Gasteiger partial charge in [0.05, 0.1) is 18.3 Å². The van der Waals surface area contributed by atoms with E-state index in [-0.39, 0.29) is 36.3 Å². The summed E-state index contributed by atoms with van der Waals surface area (Å²) in [6.07, 6.45) is 0.0997. The molecule has 28 heavy (non-hydrogen) atoms. The molecule has 1 aromatic heterocycles. The quantitative estimate of drug-likeness (QED) is 0.682. The van der Waals surface area contributed by atoms with E-state index in [2.05, 4.69) is 10.4 Å². The fourth-order valence-corrected chi connectivity index (χ4v) is 2.87. The third-order valence-corrected chi connectivity index (χ3v) is 4.56. The molecule has 0 fully saturated rings. The highest BCUT2D eigenvalue weighted by molar-refractivity contribution is 6.30. The number of amides is 1. The summed E-state index contributed by atoms with van der Waals surface area (Å²) in [6, 6.07) is 15.9. The van der Waals surface area contributed by atoms with Crippen LogP contribution in [0.5, 0.6) is 0 Å². The molecule has 0 radical (unpaired) electrons. The second-order valence-electron chi connectivity index (χ2n) is 6.38. The van der Waals surface area contributed by atoms with Crippen LogP contribution in [0, 0.1) is 5.82 Å². The van der Waals surface area contributed by atoms with Crippen molar-refractivity contribution in [3.8, 4) is 11.3 Å². The van der Waals surface area contributed by atoms with Crippen LogP contribution in [0.3, 0.4) is 0 Å². The van der Waals surface area contributed by atoms with Gasteiger partial charge in [-0.1, -0.05) is 35.9 Å². The van der Waals surface area contributed by atoms with Crippen molar-refractivity contribution in [2.45, 2.75) is 25.9 Å². The molecule has 1 N–H and O–H groups in total. The predicted molar refractivity (Wildman–Crippen MR) is 107 cm³/mol. The van der Waals surface area contributed by atoms with Crippen molar-refractivity contribution in [2.24, 2.45) is 0 Å². The second-order valence-corrected chi connectivity index (χ2v) is 6.81. The molecule has 3 rings (SSSR count). The highest BCUT2D eigenvalue weighted by atomic mass is 35.5. The number of benzene rings is 2. The maximum Gasteiger partial charge on any atom is 0.266 e. The second kappa shape index (κ2) is 8.80. The van der Waals surface area contributed by atoms with Gasteiger partial charge in [-0.15, -0.1) is 0 Å². The number of hydrogen-bond donors (Lipinski definition) is 1. The van der Waals surface area contributed by atoms with Crippen molar-refractivity contribution >= 4 is 17.5 Å². The van der Waals surface area contributed by atoms with Gasteiger partial charge in [0.15, 0.2) is 0 Å². The first-order valence-corrected chi connectivity index (χ1v) is 9.19. The normalized spacial score (nSPS) is 11.8. The van der Waals surface area contributed by atoms with Crippen LogP contribution in [-0.2, 0) is 11.3 Å². The van der Waals surface area contributed by atoms with Crippen LogP contribution in [0.15, 0.2) is 65.5 Å². The molecule has 3 aromatic rings. The molecule has 0 spiro atoms. The van der Waals surface area contributed by atoms with Crippen molar-refractivity contribution in [3.63, 3.8) is 0 Å². The molecule has 0 aliphatic carbocycles. The Bertz CT molecular complexity index is 1020. The zero-order chi connectivity index (χ0) is 20.1. The van der Waals surface area contributed by atoms with E-state index in [0.717, 1.165) is 11.1 Å². The predicted octanol–water partition coefficient (Wildman–Crippen LogP) is 3.97. The Kier molecular flexibility index (Phi) is 6.21. The first-order chi connectivity index (χ1) is 13.4. The molecule has 144 valence electrons. The van der Waals surface area contributed by atoms with Crippen LogP contribution < -0.4 is 10.9 Å². The van der Waals surface area contributed by atoms with Crippen LogP contribution in [0.25, 0.3) is 11.3 Å². The maximum atomic E-state index is 13.0. The van der Waals surface area contributed by atoms with Gasteiger partial charge in [-0.2, -0.15) is 5.10 Å². The molecule has 0 saturated carbocycles. The van der Waals surface area contributed by atoms with E-state index >= 15 is 0 Å². The molecular formula is C21H19ClFN3O2. The lowest BCUT2D eigenvalue weighted by Crippen LogP contribution is -2.30. The number of nitrogens with one attached hydrogen (secondary N) is 1. The van der Waals surface area contributed by atoms with E-state index in [1.165, 1.54) is 22.9 Å². The number of nitrogens with zero attached hydrogens (tertiary/aromatic N) is 2. The van der Waals surface area contributed by atoms with Gasteiger partial charge in [0, 0.05) is 23.1 Å². The zero-order valence-electron chi connectivity index (χ0n) is 15.2. The fraction of sp³-hybridized carbons (Fsp3) is 0.190. The summed E-state index contributed by atoms with van der Waals surface area (Å²) < 4.78 is 14.3. The Hall–Kier alpha value is -2.99. The largest absolute Gasteiger partial charge is 0.350 e. The minimum atomic E-state index is -0.326. The molecular weight excluding hydrogens is 381 g/mol. The average Bonchev–Trinajstić information content (AvgIpc) is 2.68. The van der Waals surface area contributed by atoms with Crippen molar-refractivity contribution in [3.05, 3.63) is 87.4 Å². The standard InChI is InChI=1S/C21H19ClFN3O2/c1-14(15-4-8-18(23)9-5-15)24-20(27)12-13-26-21(28)11-10-19(25-26)16-2-6-17(22)7-3-16/h2-11,14H,12-13H2,1H3,(H,24,27)/t14-/m1/s1. The number of hydrogen-bond acceptors (Lipinski definition) is 3. The molecule has 1 amide bonds. The summed E-state index contributed by atoms with van der Waals surface area (Å²) in [7, 11) is 0. The van der Waals surface area contributed by atoms with E-state index in [9.17, 15) is 14.0 Å². The minimum Gasteiger partial charge on any atom is -0.350 e. The molecule has 0 unspecified atom stereocenters. The van der Waals surface area contributed by atoms with Gasteiger partial charge in [-0.25, -0.2) is 9.07 Å². The van der Waals surface area contributed by atoms with Gasteiger partial charge < -0.3 is 5.32 Å². The topological polar surface area (TPSA) is 64.0 Å². The van der Waals surface area contributed by atoms with Gasteiger partial charge in [0.2, 0.25) is 5.91 Å². The first kappa shape index (κ1) is 19.8. The summed E-state index contributed by atoms with van der Waals surface area (Å²) >= 11 is 5.90. The Morgan fingerprint density at radius 2 is 1.79 bits per heavy atom. The van der Waals surface area contributed by atoms with Gasteiger partial charge >= 0.3 is 0 Å². The van der Waals surface area contributed by atoms with Crippen LogP contribution in [0.2, 0.25) is 5.02 Å². The Labute approximate surface area is 166 Å². The van der Waals surface area contributed by atoms with Crippen LogP contribution in [0.4, 0.5) is 4.39 Å². The van der Waals surface area contributed by atoms with E-state index < -0.39 is 0 Å². The van der Waals surface area contributed by atoms with Gasteiger partial charge in [0.25, 0.3) is 5.56 Å². The lowest BCUT2D eigenvalue weighted by atomic mass is 10.1. The van der Waals surface area contributed by atoms with Crippen molar-refractivity contribution < 1.29 is 9.18 Å². The van der Waals surface area contributed by atoms with Gasteiger partial charge in [-0.3, -0.25) is 9.59 Å². The fourth-order valence-electron chi connectivity index (χ4n) is 2.74. The van der Waals surface area contributed by atoms with Crippen molar-refractivity contribution in [2.75, 3.05) is 0 Å². The van der Waals surface area contributed by atoms with Crippen LogP contribution in [0.1, 0.15) is 24.9 Å². The number of halogens is 2. The lowest BCUT2D eigenvalue weighted by Gasteiger charge is -2.14. The zero-order valence-corrected chi connectivity index (χ0v) is 16.0. The van der Waals surface area contributed by atoms with Crippen molar-refractivity contribution in [1.29, 1.82) is 0 Å². The first-order valence-electron chi connectivity index (χ1n) is 8.81. The highest BCUT2D eigenvalue weighted by Crippen LogP contribution is 2.18. The van der Waals surface area contributed by atoms with E-state index in [4.69, 9.17) is 11.6 Å². The molecule has 0 bridgehead atoms. The summed E-state index contributed by atoms with van der Waals surface area (Å²) in [4.78, 5) is 24.3. The maximum absolute atomic E-state index is 13.0. The molecule has 2 aromatic carbocycles. The molecule has 1 atom stereocenters. The van der Waals surface area contributed by atoms with E-state index in [1.54, 1.807) is 30.3 Å². The molecule has 5 nitrogen and oxygen atoms in total. The van der Waals surface area contributed by atoms with Gasteiger partial charge in [0.1, 0.15) is 5.82 Å². The Morgan fingerprint density at radius 3 is 2.46 bits per heavy atom. The summed E-state index contributed by atoms with van der Waals surface area (Å²) in [6.45, 7) is 1.97. The molecule has 0 saturated heterocycles. The number of carbonyl (C=O) groups excluding carboxylic acids is 1. The average molecular weight is 400 g/mol. The third kappa shape index (κ3) is 5.04. The summed E-state index contributed by atoms with van der Waals surface area (Å²) in [5, 5.41) is 7.78. The number of rotatable bonds is 6. The number of aromatic nitrogens is 2. The summed E-state index contributed by atoms with van der Waals surface area (Å²) in [5.41, 5.74) is 1.97. The molecule has 1 heterocycles. The SMILES string of the molecule is C[C@@H](NC(=O)CCn1nc(-c2ccc(Cl)cc2)ccc1=O)c1ccc(F)cc1. The Balaban J connectivity index is 1.64. The number of carbonyl (C=O) groups is 1. The minimum absolute atomic E-state index is 0.0997. The monoisotopic (exact) mass is 399 g/mol. The van der Waals surface area contributed by atoms with Gasteiger partial charge in [-0.05, 0) is 42.8 Å². The molecule has 7 heteroatoms. The van der Waals surface area contributed by atoms with E-state index in [1.807, 2.05) is 19.1 Å². The van der Waals surface area contributed by atoms with E-state index in [0.29, 0.717) is 10.7 Å². The summed E-state index contributed by atoms with van der Waals surface area (Å²) in [5.74, 6) is -0.546. The highest BCUT2D eigenvalue weighted by Gasteiger charge is 2.11. The number of aryl methyl sites for hydroxylation is 1. The lowest BCUT2D eigenvalue weighted by molar-refractivity contribution is -0.122. The van der Waals surface area contributed by atoms with Crippen molar-refractivity contribution in [1.82, 2.24) is 15.1 Å². The Morgan fingerprint density at radius 1 is 1.11 bits per heavy atom. The smallest absolute Gasteiger partial charge is 0.266 e.